The van der Waals surface area contributed by atoms with Crippen LogP contribution in [0.4, 0.5) is 33.3 Å². The quantitative estimate of drug-likeness (QED) is 0.196. The summed E-state index contributed by atoms with van der Waals surface area (Å²) >= 11 is 1.19. The molecule has 0 atom stereocenters. The smallest absolute Gasteiger partial charge is 0.393 e. The van der Waals surface area contributed by atoms with Gasteiger partial charge in [0.15, 0.2) is 15.6 Å². The molecule has 2 aromatic carbocycles. The Hall–Kier alpha value is -3.12. The normalized spacial score (nSPS) is 21.4. The molecule has 248 valence electrons. The van der Waals surface area contributed by atoms with Gasteiger partial charge in [0.1, 0.15) is 0 Å². The number of benzene rings is 2. The highest BCUT2D eigenvalue weighted by molar-refractivity contribution is 7.90. The maximum Gasteiger partial charge on any atom is 0.393 e. The minimum absolute atomic E-state index is 0.0701. The Bertz CT molecular complexity index is 1750. The second-order valence-corrected chi connectivity index (χ2v) is 15.4. The predicted octanol–water partition coefficient (Wildman–Crippen LogP) is 6.53. The molecule has 6 rings (SSSR count). The van der Waals surface area contributed by atoms with Crippen molar-refractivity contribution >= 4 is 42.6 Å². The van der Waals surface area contributed by atoms with E-state index in [9.17, 15) is 30.4 Å². The standard InChI is InChI=1S/C32H34F5N3O4S2/c1-46(41,42)22-11-12-25(27(14-22)44-30(33)34)38-13-3-6-28-24(15-32(35,36)37)23-4-2-5-26(29(23)45-28)39-20-7-9-21(10-8-20)40-16-31(17-40)18-43-19-31/h2,4-5,11-12,14,20-21,30,38-39H,7-10,13,15-19H2,1H3. The predicted molar refractivity (Wildman–Crippen MR) is 168 cm³/mol. The molecule has 1 saturated carbocycles. The number of sulfone groups is 1. The van der Waals surface area contributed by atoms with Gasteiger partial charge in [-0.3, -0.25) is 4.90 Å². The number of thiophene rings is 1. The number of fused-ring (bicyclic) bond motifs is 1. The van der Waals surface area contributed by atoms with Crippen LogP contribution in [-0.4, -0.2) is 77.3 Å². The molecule has 14 heteroatoms. The molecule has 3 heterocycles. The van der Waals surface area contributed by atoms with Gasteiger partial charge in [0.25, 0.3) is 0 Å². The zero-order valence-corrected chi connectivity index (χ0v) is 26.7. The number of nitrogens with one attached hydrogen (secondary N) is 2. The van der Waals surface area contributed by atoms with Gasteiger partial charge in [-0.1, -0.05) is 24.0 Å². The van der Waals surface area contributed by atoms with Crippen LogP contribution in [0.15, 0.2) is 41.3 Å². The largest absolute Gasteiger partial charge is 0.433 e. The zero-order valence-electron chi connectivity index (χ0n) is 25.1. The number of nitrogens with zero attached hydrogens (tertiary/aromatic N) is 1. The fourth-order valence-corrected chi connectivity index (χ4v) is 8.36. The molecule has 1 aromatic heterocycles. The molecule has 3 fully saturated rings. The summed E-state index contributed by atoms with van der Waals surface area (Å²) in [6.45, 7) is 0.623. The third-order valence-corrected chi connectivity index (χ3v) is 11.1. The van der Waals surface area contributed by atoms with E-state index in [1.165, 1.54) is 23.5 Å². The van der Waals surface area contributed by atoms with Crippen molar-refractivity contribution in [3.8, 4) is 17.6 Å². The highest BCUT2D eigenvalue weighted by Crippen LogP contribution is 2.43. The van der Waals surface area contributed by atoms with Crippen molar-refractivity contribution in [2.75, 3.05) is 49.7 Å². The Morgan fingerprint density at radius 2 is 1.85 bits per heavy atom. The van der Waals surface area contributed by atoms with Crippen molar-refractivity contribution in [3.63, 3.8) is 0 Å². The van der Waals surface area contributed by atoms with E-state index in [0.29, 0.717) is 21.5 Å². The maximum absolute atomic E-state index is 13.7. The fourth-order valence-electron chi connectivity index (χ4n) is 6.55. The molecule has 0 radical (unpaired) electrons. The van der Waals surface area contributed by atoms with Gasteiger partial charge in [-0.2, -0.15) is 22.0 Å². The van der Waals surface area contributed by atoms with E-state index in [1.807, 2.05) is 6.07 Å². The van der Waals surface area contributed by atoms with E-state index >= 15 is 0 Å². The summed E-state index contributed by atoms with van der Waals surface area (Å²) in [7, 11) is -3.67. The molecule has 2 N–H and O–H groups in total. The van der Waals surface area contributed by atoms with Gasteiger partial charge >= 0.3 is 12.8 Å². The van der Waals surface area contributed by atoms with Crippen molar-refractivity contribution < 1.29 is 39.8 Å². The lowest BCUT2D eigenvalue weighted by Gasteiger charge is -2.58. The average molecular weight is 684 g/mol. The molecule has 0 bridgehead atoms. The second kappa shape index (κ2) is 12.8. The summed E-state index contributed by atoms with van der Waals surface area (Å²) < 4.78 is 101. The molecule has 3 aliphatic rings. The Morgan fingerprint density at radius 3 is 2.48 bits per heavy atom. The van der Waals surface area contributed by atoms with Crippen LogP contribution < -0.4 is 15.4 Å². The molecular formula is C32H34F5N3O4S2. The lowest BCUT2D eigenvalue weighted by Crippen LogP contribution is -2.68. The van der Waals surface area contributed by atoms with Crippen molar-refractivity contribution in [1.82, 2.24) is 4.90 Å². The minimum atomic E-state index is -4.45. The number of rotatable bonds is 9. The average Bonchev–Trinajstić information content (AvgIpc) is 3.27. The van der Waals surface area contributed by atoms with Crippen LogP contribution in [0.2, 0.25) is 0 Å². The van der Waals surface area contributed by atoms with Gasteiger partial charge in [0, 0.05) is 42.9 Å². The topological polar surface area (TPSA) is 79.9 Å². The number of hydrogen-bond donors (Lipinski definition) is 2. The van der Waals surface area contributed by atoms with Crippen LogP contribution in [0.1, 0.15) is 36.1 Å². The highest BCUT2D eigenvalue weighted by atomic mass is 32.2. The molecule has 0 amide bonds. The van der Waals surface area contributed by atoms with Gasteiger partial charge in [0.05, 0.1) is 52.0 Å². The highest BCUT2D eigenvalue weighted by Gasteiger charge is 2.50. The Morgan fingerprint density at radius 1 is 1.11 bits per heavy atom. The molecule has 7 nitrogen and oxygen atoms in total. The fraction of sp³-hybridized carbons (Fsp3) is 0.500. The van der Waals surface area contributed by atoms with Crippen LogP contribution in [0, 0.1) is 17.3 Å². The first kappa shape index (κ1) is 32.8. The summed E-state index contributed by atoms with van der Waals surface area (Å²) in [5.74, 6) is 5.26. The second-order valence-electron chi connectivity index (χ2n) is 12.4. The number of alkyl halides is 5. The molecule has 0 unspecified atom stereocenters. The maximum atomic E-state index is 13.7. The molecule has 46 heavy (non-hydrogen) atoms. The van der Waals surface area contributed by atoms with Gasteiger partial charge in [-0.15, -0.1) is 11.3 Å². The minimum Gasteiger partial charge on any atom is -0.433 e. The summed E-state index contributed by atoms with van der Waals surface area (Å²) in [6.07, 6.45) is -0.561. The van der Waals surface area contributed by atoms with Crippen LogP contribution >= 0.6 is 11.3 Å². The van der Waals surface area contributed by atoms with Crippen molar-refractivity contribution in [2.45, 2.75) is 61.9 Å². The molecule has 2 saturated heterocycles. The first-order chi connectivity index (χ1) is 21.8. The first-order valence-electron chi connectivity index (χ1n) is 15.0. The molecule has 1 aliphatic carbocycles. The van der Waals surface area contributed by atoms with Crippen LogP contribution in [0.5, 0.6) is 5.75 Å². The van der Waals surface area contributed by atoms with E-state index in [-0.39, 0.29) is 39.4 Å². The number of likely N-dealkylation sites (tertiary alicyclic amines) is 1. The van der Waals surface area contributed by atoms with E-state index in [1.54, 1.807) is 12.1 Å². The van der Waals surface area contributed by atoms with Gasteiger partial charge in [-0.25, -0.2) is 8.42 Å². The van der Waals surface area contributed by atoms with Crippen molar-refractivity contribution in [3.05, 3.63) is 46.8 Å². The van der Waals surface area contributed by atoms with Crippen LogP contribution in [-0.2, 0) is 21.0 Å². The van der Waals surface area contributed by atoms with E-state index in [0.717, 1.165) is 70.0 Å². The molecule has 1 spiro atoms. The first-order valence-corrected chi connectivity index (χ1v) is 17.7. The lowest BCUT2D eigenvalue weighted by atomic mass is 9.75. The number of halogens is 5. The van der Waals surface area contributed by atoms with Gasteiger partial charge in [-0.05, 0) is 54.8 Å². The number of anilines is 2. The Balaban J connectivity index is 1.17. The van der Waals surface area contributed by atoms with E-state index in [2.05, 4.69) is 32.1 Å². The zero-order chi connectivity index (χ0) is 32.7. The Kier molecular flexibility index (Phi) is 9.14. The summed E-state index contributed by atoms with van der Waals surface area (Å²) in [5.41, 5.74) is 1.33. The monoisotopic (exact) mass is 683 g/mol. The third-order valence-electron chi connectivity index (χ3n) is 8.83. The number of ether oxygens (including phenoxy) is 2. The summed E-state index contributed by atoms with van der Waals surface area (Å²) in [4.78, 5) is 2.63. The third kappa shape index (κ3) is 7.38. The lowest BCUT2D eigenvalue weighted by molar-refractivity contribution is -0.200. The molecular weight excluding hydrogens is 649 g/mol. The van der Waals surface area contributed by atoms with Crippen LogP contribution in [0.25, 0.3) is 10.1 Å². The van der Waals surface area contributed by atoms with E-state index < -0.39 is 29.0 Å². The SMILES string of the molecule is CS(=O)(=O)c1ccc(NCC#Cc2sc3c(NC4CCC(N5CC6(COC6)C5)CC4)cccc3c2CC(F)(F)F)c(OC(F)F)c1. The summed E-state index contributed by atoms with van der Waals surface area (Å²) in [5, 5.41) is 6.89. The Labute approximate surface area is 268 Å². The summed E-state index contributed by atoms with van der Waals surface area (Å²) in [6, 6.07) is 9.60. The van der Waals surface area contributed by atoms with Crippen molar-refractivity contribution in [2.24, 2.45) is 5.41 Å². The number of hydrogen-bond acceptors (Lipinski definition) is 8. The molecule has 2 aliphatic heterocycles. The van der Waals surface area contributed by atoms with Crippen molar-refractivity contribution in [1.29, 1.82) is 0 Å². The van der Waals surface area contributed by atoms with Gasteiger partial charge in [0.2, 0.25) is 0 Å². The molecule has 3 aromatic rings. The van der Waals surface area contributed by atoms with Crippen LogP contribution in [0.3, 0.4) is 0 Å². The van der Waals surface area contributed by atoms with E-state index in [4.69, 9.17) is 4.74 Å². The van der Waals surface area contributed by atoms with Gasteiger partial charge < -0.3 is 20.1 Å².